The monoisotopic (exact) mass is 292 g/mol. The highest BCUT2D eigenvalue weighted by Crippen LogP contribution is 2.23. The molecule has 21 heavy (non-hydrogen) atoms. The second-order valence-electron chi connectivity index (χ2n) is 6.49. The van der Waals surface area contributed by atoms with Gasteiger partial charge >= 0.3 is 12.0 Å². The number of urea groups is 1. The van der Waals surface area contributed by atoms with Gasteiger partial charge in [0.2, 0.25) is 0 Å². The van der Waals surface area contributed by atoms with Gasteiger partial charge in [0, 0.05) is 5.69 Å². The van der Waals surface area contributed by atoms with Gasteiger partial charge in [-0.3, -0.25) is 0 Å². The van der Waals surface area contributed by atoms with Crippen molar-refractivity contribution in [3.05, 3.63) is 29.8 Å². The Morgan fingerprint density at radius 1 is 1.10 bits per heavy atom. The molecule has 0 spiro atoms. The smallest absolute Gasteiger partial charge is 0.326 e. The molecular formula is C16H24N2O3. The van der Waals surface area contributed by atoms with Crippen LogP contribution in [0.15, 0.2) is 24.3 Å². The third-order valence-electron chi connectivity index (χ3n) is 3.23. The average molecular weight is 292 g/mol. The summed E-state index contributed by atoms with van der Waals surface area (Å²) in [6.45, 7) is 9.83. The third kappa shape index (κ3) is 5.10. The lowest BCUT2D eigenvalue weighted by Crippen LogP contribution is -2.46. The molecule has 0 radical (unpaired) electrons. The zero-order valence-electron chi connectivity index (χ0n) is 13.2. The number of anilines is 1. The number of benzene rings is 1. The number of hydrogen-bond donors (Lipinski definition) is 3. The molecule has 1 atom stereocenters. The van der Waals surface area contributed by atoms with Gasteiger partial charge in [-0.05, 0) is 29.0 Å². The molecule has 3 N–H and O–H groups in total. The van der Waals surface area contributed by atoms with E-state index in [-0.39, 0.29) is 11.3 Å². The largest absolute Gasteiger partial charge is 0.480 e. The third-order valence-corrected chi connectivity index (χ3v) is 3.23. The first-order valence-electron chi connectivity index (χ1n) is 7.02. The van der Waals surface area contributed by atoms with E-state index in [4.69, 9.17) is 5.11 Å². The van der Waals surface area contributed by atoms with Crippen molar-refractivity contribution in [2.75, 3.05) is 5.32 Å². The fraction of sp³-hybridized carbons (Fsp3) is 0.500. The number of carbonyl (C=O) groups is 2. The molecule has 0 aliphatic heterocycles. The molecule has 2 amide bonds. The van der Waals surface area contributed by atoms with Crippen molar-refractivity contribution in [3.63, 3.8) is 0 Å². The molecule has 0 fully saturated rings. The Kier molecular flexibility index (Phi) is 5.35. The Bertz CT molecular complexity index is 501. The average Bonchev–Trinajstić information content (AvgIpc) is 2.34. The van der Waals surface area contributed by atoms with E-state index in [2.05, 4.69) is 31.4 Å². The zero-order chi connectivity index (χ0) is 16.2. The molecule has 0 heterocycles. The molecule has 0 bridgehead atoms. The first-order chi connectivity index (χ1) is 9.61. The highest BCUT2D eigenvalue weighted by atomic mass is 16.4. The molecule has 0 aromatic heterocycles. The van der Waals surface area contributed by atoms with E-state index in [1.54, 1.807) is 13.8 Å². The second-order valence-corrected chi connectivity index (χ2v) is 6.49. The SMILES string of the molecule is CC(C)[C@@H](NC(=O)Nc1ccc(C(C)(C)C)cc1)C(=O)O. The Morgan fingerprint density at radius 2 is 1.62 bits per heavy atom. The Morgan fingerprint density at radius 3 is 2.00 bits per heavy atom. The second kappa shape index (κ2) is 6.61. The number of carboxylic acids is 1. The summed E-state index contributed by atoms with van der Waals surface area (Å²) >= 11 is 0. The minimum atomic E-state index is -1.04. The van der Waals surface area contributed by atoms with Crippen LogP contribution in [0.2, 0.25) is 0 Å². The molecule has 0 aliphatic carbocycles. The first kappa shape index (κ1) is 17.0. The molecule has 0 saturated heterocycles. The standard InChI is InChI=1S/C16H24N2O3/c1-10(2)13(14(19)20)18-15(21)17-12-8-6-11(7-9-12)16(3,4)5/h6-10,13H,1-5H3,(H,19,20)(H2,17,18,21)/t13-/m1/s1. The van der Waals surface area contributed by atoms with E-state index in [1.165, 1.54) is 5.56 Å². The van der Waals surface area contributed by atoms with Crippen LogP contribution in [-0.4, -0.2) is 23.1 Å². The Balaban J connectivity index is 2.69. The molecular weight excluding hydrogens is 268 g/mol. The van der Waals surface area contributed by atoms with Gasteiger partial charge in [-0.25, -0.2) is 9.59 Å². The lowest BCUT2D eigenvalue weighted by Gasteiger charge is -2.20. The van der Waals surface area contributed by atoms with Crippen LogP contribution in [0.5, 0.6) is 0 Å². The molecule has 0 aliphatic rings. The van der Waals surface area contributed by atoms with Gasteiger partial charge in [-0.15, -0.1) is 0 Å². The summed E-state index contributed by atoms with van der Waals surface area (Å²) in [7, 11) is 0. The quantitative estimate of drug-likeness (QED) is 0.797. The van der Waals surface area contributed by atoms with Crippen LogP contribution in [0.25, 0.3) is 0 Å². The number of carbonyl (C=O) groups excluding carboxylic acids is 1. The highest BCUT2D eigenvalue weighted by Gasteiger charge is 2.23. The predicted molar refractivity (Wildman–Crippen MR) is 83.6 cm³/mol. The number of amides is 2. The fourth-order valence-electron chi connectivity index (χ4n) is 1.88. The summed E-state index contributed by atoms with van der Waals surface area (Å²) in [4.78, 5) is 22.9. The lowest BCUT2D eigenvalue weighted by atomic mass is 9.87. The highest BCUT2D eigenvalue weighted by molar-refractivity contribution is 5.92. The molecule has 1 aromatic rings. The van der Waals surface area contributed by atoms with E-state index in [0.29, 0.717) is 5.69 Å². The minimum absolute atomic E-state index is 0.0484. The minimum Gasteiger partial charge on any atom is -0.480 e. The Hall–Kier alpha value is -2.04. The topological polar surface area (TPSA) is 78.4 Å². The van der Waals surface area contributed by atoms with Gasteiger partial charge in [-0.1, -0.05) is 46.8 Å². The number of rotatable bonds is 4. The van der Waals surface area contributed by atoms with Gasteiger partial charge in [-0.2, -0.15) is 0 Å². The summed E-state index contributed by atoms with van der Waals surface area (Å²) in [5.41, 5.74) is 1.85. The molecule has 0 unspecified atom stereocenters. The van der Waals surface area contributed by atoms with E-state index < -0.39 is 18.0 Å². The zero-order valence-corrected chi connectivity index (χ0v) is 13.2. The van der Waals surface area contributed by atoms with Crippen LogP contribution >= 0.6 is 0 Å². The summed E-state index contributed by atoms with van der Waals surface area (Å²) in [5, 5.41) is 14.1. The summed E-state index contributed by atoms with van der Waals surface area (Å²) in [5.74, 6) is -1.22. The van der Waals surface area contributed by atoms with E-state index in [9.17, 15) is 9.59 Å². The van der Waals surface area contributed by atoms with E-state index in [0.717, 1.165) is 0 Å². The van der Waals surface area contributed by atoms with Crippen LogP contribution < -0.4 is 10.6 Å². The van der Waals surface area contributed by atoms with Crippen LogP contribution in [-0.2, 0) is 10.2 Å². The van der Waals surface area contributed by atoms with Gasteiger partial charge in [0.1, 0.15) is 6.04 Å². The summed E-state index contributed by atoms with van der Waals surface area (Å²) in [6.07, 6.45) is 0. The molecule has 1 rings (SSSR count). The van der Waals surface area contributed by atoms with Gasteiger partial charge in [0.15, 0.2) is 0 Å². The summed E-state index contributed by atoms with van der Waals surface area (Å²) < 4.78 is 0. The molecule has 1 aromatic carbocycles. The van der Waals surface area contributed by atoms with Gasteiger partial charge < -0.3 is 15.7 Å². The maximum atomic E-state index is 11.8. The maximum Gasteiger partial charge on any atom is 0.326 e. The van der Waals surface area contributed by atoms with Crippen molar-refractivity contribution in [3.8, 4) is 0 Å². The van der Waals surface area contributed by atoms with Gasteiger partial charge in [0.05, 0.1) is 0 Å². The molecule has 116 valence electrons. The summed E-state index contributed by atoms with van der Waals surface area (Å²) in [6, 6.07) is 6.11. The normalized spacial score (nSPS) is 12.9. The molecule has 5 heteroatoms. The van der Waals surface area contributed by atoms with Crippen molar-refractivity contribution >= 4 is 17.7 Å². The van der Waals surface area contributed by atoms with Crippen LogP contribution in [0, 0.1) is 5.92 Å². The van der Waals surface area contributed by atoms with Gasteiger partial charge in [0.25, 0.3) is 0 Å². The van der Waals surface area contributed by atoms with Crippen molar-refractivity contribution in [1.29, 1.82) is 0 Å². The van der Waals surface area contributed by atoms with Crippen molar-refractivity contribution in [1.82, 2.24) is 5.32 Å². The van der Waals surface area contributed by atoms with Crippen LogP contribution in [0.4, 0.5) is 10.5 Å². The number of aliphatic carboxylic acids is 1. The van der Waals surface area contributed by atoms with Crippen LogP contribution in [0.3, 0.4) is 0 Å². The van der Waals surface area contributed by atoms with E-state index >= 15 is 0 Å². The predicted octanol–water partition coefficient (Wildman–Crippen LogP) is 3.21. The van der Waals surface area contributed by atoms with Crippen molar-refractivity contribution in [2.45, 2.75) is 46.1 Å². The molecule has 0 saturated carbocycles. The maximum absolute atomic E-state index is 11.8. The van der Waals surface area contributed by atoms with Crippen molar-refractivity contribution < 1.29 is 14.7 Å². The number of carboxylic acid groups (broad SMARTS) is 1. The number of hydrogen-bond acceptors (Lipinski definition) is 2. The van der Waals surface area contributed by atoms with Crippen LogP contribution in [0.1, 0.15) is 40.2 Å². The first-order valence-corrected chi connectivity index (χ1v) is 7.02. The Labute approximate surface area is 125 Å². The van der Waals surface area contributed by atoms with Crippen molar-refractivity contribution in [2.24, 2.45) is 5.92 Å². The lowest BCUT2D eigenvalue weighted by molar-refractivity contribution is -0.140. The fourth-order valence-corrected chi connectivity index (χ4v) is 1.88. The molecule has 5 nitrogen and oxygen atoms in total. The van der Waals surface area contributed by atoms with E-state index in [1.807, 2.05) is 24.3 Å². The number of nitrogens with one attached hydrogen (secondary N) is 2.